The molecular weight excluding hydrogens is 571 g/mol. The molecule has 4 aromatic rings. The number of aromatic nitrogens is 4. The minimum Gasteiger partial charge on any atom is -0.381 e. The van der Waals surface area contributed by atoms with Crippen LogP contribution in [0.3, 0.4) is 0 Å². The molecule has 2 aliphatic rings. The molecule has 3 N–H and O–H groups in total. The van der Waals surface area contributed by atoms with E-state index in [1.54, 1.807) is 24.7 Å². The summed E-state index contributed by atoms with van der Waals surface area (Å²) in [6.07, 6.45) is 6.82. The van der Waals surface area contributed by atoms with E-state index >= 15 is 13.2 Å². The van der Waals surface area contributed by atoms with Gasteiger partial charge in [0.1, 0.15) is 17.3 Å². The molecule has 9 nitrogen and oxygen atoms in total. The first-order valence-electron chi connectivity index (χ1n) is 14.8. The molecule has 0 amide bonds. The Morgan fingerprint density at radius 3 is 2.66 bits per heavy atom. The van der Waals surface area contributed by atoms with Gasteiger partial charge >= 0.3 is 0 Å². The molecule has 4 heterocycles. The number of benzene rings is 1. The van der Waals surface area contributed by atoms with Crippen molar-refractivity contribution in [2.75, 3.05) is 25.1 Å². The molecule has 3 aromatic heterocycles. The normalized spacial score (nSPS) is 23.4. The molecular formula is C32H34F3N7O2. The first-order valence-corrected chi connectivity index (χ1v) is 14.8. The highest BCUT2D eigenvalue weighted by Crippen LogP contribution is 2.41. The molecule has 0 radical (unpaired) electrons. The first kappa shape index (κ1) is 30.0. The van der Waals surface area contributed by atoms with Gasteiger partial charge in [-0.3, -0.25) is 4.98 Å². The highest BCUT2D eigenvalue weighted by Gasteiger charge is 2.37. The maximum absolute atomic E-state index is 15.4. The number of nitrogens with zero attached hydrogens (tertiary/aromatic N) is 5. The van der Waals surface area contributed by atoms with Crippen molar-refractivity contribution >= 4 is 17.2 Å². The van der Waals surface area contributed by atoms with Gasteiger partial charge in [0.2, 0.25) is 5.95 Å². The van der Waals surface area contributed by atoms with Crippen molar-refractivity contribution in [3.8, 4) is 17.3 Å². The molecule has 6 rings (SSSR count). The van der Waals surface area contributed by atoms with Crippen LogP contribution in [0.1, 0.15) is 56.1 Å². The molecule has 12 heteroatoms. The third-order valence-corrected chi connectivity index (χ3v) is 8.75. The Bertz CT molecular complexity index is 1650. The predicted octanol–water partition coefficient (Wildman–Crippen LogP) is 5.93. The fourth-order valence-corrected chi connectivity index (χ4v) is 6.49. The Morgan fingerprint density at radius 1 is 1.16 bits per heavy atom. The van der Waals surface area contributed by atoms with Gasteiger partial charge in [-0.25, -0.2) is 18.2 Å². The number of ether oxygens (including phenoxy) is 2. The van der Waals surface area contributed by atoms with Crippen molar-refractivity contribution in [3.05, 3.63) is 71.7 Å². The Balaban J connectivity index is 1.27. The number of alkyl halides is 1. The lowest BCUT2D eigenvalue weighted by atomic mass is 9.74. The minimum atomic E-state index is -1.84. The molecule has 4 atom stereocenters. The van der Waals surface area contributed by atoms with Crippen LogP contribution < -0.4 is 11.1 Å². The summed E-state index contributed by atoms with van der Waals surface area (Å²) in [5, 5.41) is 16.7. The van der Waals surface area contributed by atoms with Gasteiger partial charge in [0, 0.05) is 38.3 Å². The van der Waals surface area contributed by atoms with Crippen LogP contribution in [0.5, 0.6) is 0 Å². The van der Waals surface area contributed by atoms with Crippen LogP contribution >= 0.6 is 0 Å². The van der Waals surface area contributed by atoms with Gasteiger partial charge in [0.15, 0.2) is 0 Å². The fraction of sp³-hybridized carbons (Fsp3) is 0.438. The van der Waals surface area contributed by atoms with E-state index in [4.69, 9.17) is 20.5 Å². The smallest absolute Gasteiger partial charge is 0.229 e. The van der Waals surface area contributed by atoms with Crippen molar-refractivity contribution in [2.24, 2.45) is 11.7 Å². The highest BCUT2D eigenvalue weighted by atomic mass is 19.1. The molecule has 1 aromatic carbocycles. The summed E-state index contributed by atoms with van der Waals surface area (Å²) in [6, 6.07) is 9.13. The van der Waals surface area contributed by atoms with E-state index in [0.717, 1.165) is 24.1 Å². The van der Waals surface area contributed by atoms with Gasteiger partial charge in [0.25, 0.3) is 0 Å². The summed E-state index contributed by atoms with van der Waals surface area (Å²) in [4.78, 5) is 8.77. The maximum Gasteiger partial charge on any atom is 0.229 e. The summed E-state index contributed by atoms with van der Waals surface area (Å²) in [6.45, 7) is 2.85. The SMILES string of the molecule is C[C@H]1C[C@@H](c2ccncc2Nc2ncc3ccc(-c4c(F)cc(C5(F)CCOCC5)cc4F)nn23)C[C@@H](N)[C@H]1OCCC#N. The zero-order valence-electron chi connectivity index (χ0n) is 24.3. The van der Waals surface area contributed by atoms with E-state index < -0.39 is 17.3 Å². The van der Waals surface area contributed by atoms with Crippen molar-refractivity contribution in [1.29, 1.82) is 5.26 Å². The number of hydrogen-bond acceptors (Lipinski definition) is 8. The molecule has 1 aliphatic heterocycles. The lowest BCUT2D eigenvalue weighted by Gasteiger charge is -2.39. The molecule has 2 fully saturated rings. The van der Waals surface area contributed by atoms with Crippen LogP contribution in [0.4, 0.5) is 24.8 Å². The molecule has 1 saturated carbocycles. The molecule has 1 saturated heterocycles. The van der Waals surface area contributed by atoms with Gasteiger partial charge in [-0.1, -0.05) is 6.92 Å². The number of imidazole rings is 1. The van der Waals surface area contributed by atoms with Crippen molar-refractivity contribution in [2.45, 2.75) is 62.8 Å². The van der Waals surface area contributed by atoms with Crippen LogP contribution in [-0.2, 0) is 15.1 Å². The van der Waals surface area contributed by atoms with Gasteiger partial charge in [-0.05, 0) is 66.1 Å². The second-order valence-electron chi connectivity index (χ2n) is 11.7. The zero-order valence-corrected chi connectivity index (χ0v) is 24.3. The van der Waals surface area contributed by atoms with Crippen LogP contribution in [0, 0.1) is 28.9 Å². The highest BCUT2D eigenvalue weighted by molar-refractivity contribution is 5.66. The van der Waals surface area contributed by atoms with Gasteiger partial charge in [0.05, 0.1) is 60.1 Å². The van der Waals surface area contributed by atoms with E-state index in [1.165, 1.54) is 10.6 Å². The van der Waals surface area contributed by atoms with E-state index in [0.29, 0.717) is 36.6 Å². The largest absolute Gasteiger partial charge is 0.381 e. The fourth-order valence-electron chi connectivity index (χ4n) is 6.49. The number of nitriles is 1. The third kappa shape index (κ3) is 5.87. The molecule has 44 heavy (non-hydrogen) atoms. The number of nitrogens with one attached hydrogen (secondary N) is 1. The lowest BCUT2D eigenvalue weighted by Crippen LogP contribution is -2.46. The summed E-state index contributed by atoms with van der Waals surface area (Å²) in [7, 11) is 0. The second kappa shape index (κ2) is 12.5. The number of nitrogens with two attached hydrogens (primary N) is 1. The second-order valence-corrected chi connectivity index (χ2v) is 11.7. The summed E-state index contributed by atoms with van der Waals surface area (Å²) >= 11 is 0. The quantitative estimate of drug-likeness (QED) is 0.237. The number of anilines is 2. The molecule has 1 aliphatic carbocycles. The standard InChI is InChI=1S/C32H34F3N7O2/c1-19-13-20(14-26(37)30(19)44-10-2-8-36)23-5-9-38-18-28(23)40-31-39-17-22-3-4-27(41-42(22)31)29-24(33)15-21(16-25(29)34)32(35)6-11-43-12-7-32/h3-5,9,15-20,26,30H,2,6-7,10-14,37H2,1H3,(H,39,40)/t19-,20+,26+,30-/m0/s1. The topological polar surface area (TPSA) is 123 Å². The van der Waals surface area contributed by atoms with Crippen LogP contribution in [0.25, 0.3) is 16.8 Å². The number of hydrogen-bond donors (Lipinski definition) is 2. The van der Waals surface area contributed by atoms with E-state index in [1.807, 2.05) is 6.07 Å². The van der Waals surface area contributed by atoms with Gasteiger partial charge < -0.3 is 20.5 Å². The van der Waals surface area contributed by atoms with Crippen LogP contribution in [0.2, 0.25) is 0 Å². The Kier molecular flexibility index (Phi) is 8.53. The van der Waals surface area contributed by atoms with E-state index in [-0.39, 0.29) is 66.9 Å². The van der Waals surface area contributed by atoms with Crippen molar-refractivity contribution in [1.82, 2.24) is 19.6 Å². The summed E-state index contributed by atoms with van der Waals surface area (Å²) in [5.41, 5.74) is 6.68. The summed E-state index contributed by atoms with van der Waals surface area (Å²) in [5.74, 6) is -1.15. The lowest BCUT2D eigenvalue weighted by molar-refractivity contribution is -0.0198. The molecule has 230 valence electrons. The van der Waals surface area contributed by atoms with Crippen LogP contribution in [0.15, 0.2) is 48.9 Å². The monoisotopic (exact) mass is 605 g/mol. The average molecular weight is 606 g/mol. The maximum atomic E-state index is 15.4. The van der Waals surface area contributed by atoms with Crippen molar-refractivity contribution in [3.63, 3.8) is 0 Å². The Hall–Kier alpha value is -4.05. The van der Waals surface area contributed by atoms with Crippen molar-refractivity contribution < 1.29 is 22.6 Å². The zero-order chi connectivity index (χ0) is 30.8. The predicted molar refractivity (Wildman–Crippen MR) is 158 cm³/mol. The molecule has 0 spiro atoms. The number of rotatable bonds is 8. The van der Waals surface area contributed by atoms with Gasteiger partial charge in [-0.2, -0.15) is 14.9 Å². The molecule has 0 unspecified atom stereocenters. The van der Waals surface area contributed by atoms with Gasteiger partial charge in [-0.15, -0.1) is 0 Å². The Labute approximate surface area is 253 Å². The number of fused-ring (bicyclic) bond motifs is 1. The van der Waals surface area contributed by atoms with E-state index in [2.05, 4.69) is 33.4 Å². The van der Waals surface area contributed by atoms with E-state index in [9.17, 15) is 0 Å². The molecule has 0 bridgehead atoms. The third-order valence-electron chi connectivity index (χ3n) is 8.75. The number of pyridine rings is 1. The average Bonchev–Trinajstić information content (AvgIpc) is 3.40. The summed E-state index contributed by atoms with van der Waals surface area (Å²) < 4.78 is 58.8. The minimum absolute atomic E-state index is 0.0356. The number of halogens is 3. The van der Waals surface area contributed by atoms with Crippen LogP contribution in [-0.4, -0.2) is 51.5 Å². The first-order chi connectivity index (χ1) is 21.3. The Morgan fingerprint density at radius 2 is 1.93 bits per heavy atom.